The van der Waals surface area contributed by atoms with E-state index in [0.29, 0.717) is 11.5 Å². The Kier molecular flexibility index (Phi) is 1.90. The van der Waals surface area contributed by atoms with Gasteiger partial charge in [-0.3, -0.25) is 0 Å². The summed E-state index contributed by atoms with van der Waals surface area (Å²) in [7, 11) is 0. The molecule has 0 N–H and O–H groups in total. The van der Waals surface area contributed by atoms with Crippen molar-refractivity contribution in [1.29, 1.82) is 0 Å². The summed E-state index contributed by atoms with van der Waals surface area (Å²) in [6, 6.07) is 0. The van der Waals surface area contributed by atoms with Gasteiger partial charge in [0, 0.05) is 5.41 Å². The minimum absolute atomic E-state index is 0.534. The second-order valence-electron chi connectivity index (χ2n) is 3.84. The molecule has 2 fully saturated rings. The van der Waals surface area contributed by atoms with E-state index in [-0.39, 0.29) is 0 Å². The van der Waals surface area contributed by atoms with Gasteiger partial charge in [0.05, 0.1) is 25.9 Å². The highest BCUT2D eigenvalue weighted by atomic mass is 16.6. The Morgan fingerprint density at radius 2 is 2.18 bits per heavy atom. The van der Waals surface area contributed by atoms with Gasteiger partial charge in [0.25, 0.3) is 0 Å². The molecular weight excluding hydrogens is 140 g/mol. The van der Waals surface area contributed by atoms with E-state index in [2.05, 4.69) is 6.92 Å². The van der Waals surface area contributed by atoms with E-state index in [4.69, 9.17) is 9.47 Å². The smallest absolute Gasteiger partial charge is 0.0810 e. The third-order valence-corrected chi connectivity index (χ3v) is 2.97. The van der Waals surface area contributed by atoms with Crippen molar-refractivity contribution in [2.75, 3.05) is 19.8 Å². The van der Waals surface area contributed by atoms with Gasteiger partial charge >= 0.3 is 0 Å². The molecule has 0 spiro atoms. The van der Waals surface area contributed by atoms with Gasteiger partial charge < -0.3 is 9.47 Å². The molecule has 0 aromatic heterocycles. The number of hydrogen-bond donors (Lipinski definition) is 0. The van der Waals surface area contributed by atoms with Gasteiger partial charge in [-0.2, -0.15) is 0 Å². The zero-order valence-corrected chi connectivity index (χ0v) is 7.14. The molecule has 0 amide bonds. The van der Waals surface area contributed by atoms with Crippen LogP contribution in [-0.4, -0.2) is 25.9 Å². The van der Waals surface area contributed by atoms with Gasteiger partial charge in [-0.1, -0.05) is 6.92 Å². The number of rotatable bonds is 4. The molecule has 0 aromatic carbocycles. The lowest BCUT2D eigenvalue weighted by molar-refractivity contribution is -0.120. The van der Waals surface area contributed by atoms with E-state index < -0.39 is 0 Å². The van der Waals surface area contributed by atoms with Gasteiger partial charge in [0.1, 0.15) is 0 Å². The first kappa shape index (κ1) is 7.56. The average molecular weight is 156 g/mol. The van der Waals surface area contributed by atoms with Crippen LogP contribution in [0.3, 0.4) is 0 Å². The maximum atomic E-state index is 5.24. The van der Waals surface area contributed by atoms with Crippen LogP contribution in [0.4, 0.5) is 0 Å². The van der Waals surface area contributed by atoms with Crippen molar-refractivity contribution in [2.24, 2.45) is 5.41 Å². The Labute approximate surface area is 67.9 Å². The lowest BCUT2D eigenvalue weighted by atomic mass is 9.78. The highest BCUT2D eigenvalue weighted by Crippen LogP contribution is 2.37. The van der Waals surface area contributed by atoms with Crippen molar-refractivity contribution >= 4 is 0 Å². The molecule has 1 atom stereocenters. The molecule has 2 saturated heterocycles. The van der Waals surface area contributed by atoms with Crippen LogP contribution in [0.1, 0.15) is 26.2 Å². The zero-order valence-electron chi connectivity index (χ0n) is 7.14. The molecule has 2 nitrogen and oxygen atoms in total. The number of ether oxygens (including phenoxy) is 2. The Hall–Kier alpha value is -0.0800. The first-order valence-corrected chi connectivity index (χ1v) is 4.54. The third-order valence-electron chi connectivity index (χ3n) is 2.97. The normalized spacial score (nSPS) is 33.0. The monoisotopic (exact) mass is 156 g/mol. The molecule has 2 heteroatoms. The molecule has 1 unspecified atom stereocenters. The van der Waals surface area contributed by atoms with Crippen LogP contribution >= 0.6 is 0 Å². The summed E-state index contributed by atoms with van der Waals surface area (Å²) in [5, 5.41) is 0. The van der Waals surface area contributed by atoms with Crippen molar-refractivity contribution in [2.45, 2.75) is 32.3 Å². The SMILES string of the molecule is CCC1(CCC2CO2)COC1. The molecule has 2 aliphatic heterocycles. The molecule has 2 heterocycles. The third kappa shape index (κ3) is 1.57. The fourth-order valence-electron chi connectivity index (χ4n) is 1.62. The topological polar surface area (TPSA) is 21.8 Å². The summed E-state index contributed by atoms with van der Waals surface area (Å²) in [5.41, 5.74) is 0.534. The van der Waals surface area contributed by atoms with Crippen molar-refractivity contribution in [3.05, 3.63) is 0 Å². The molecule has 0 aromatic rings. The number of hydrogen-bond acceptors (Lipinski definition) is 2. The van der Waals surface area contributed by atoms with E-state index in [1.807, 2.05) is 0 Å². The molecule has 0 saturated carbocycles. The van der Waals surface area contributed by atoms with Crippen molar-refractivity contribution < 1.29 is 9.47 Å². The van der Waals surface area contributed by atoms with Gasteiger partial charge in [-0.15, -0.1) is 0 Å². The molecule has 11 heavy (non-hydrogen) atoms. The molecule has 64 valence electrons. The maximum Gasteiger partial charge on any atom is 0.0810 e. The van der Waals surface area contributed by atoms with Crippen LogP contribution < -0.4 is 0 Å². The molecule has 0 bridgehead atoms. The number of epoxide rings is 1. The van der Waals surface area contributed by atoms with Crippen LogP contribution in [-0.2, 0) is 9.47 Å². The molecule has 2 rings (SSSR count). The Balaban J connectivity index is 1.72. The van der Waals surface area contributed by atoms with Gasteiger partial charge in [-0.25, -0.2) is 0 Å². The maximum absolute atomic E-state index is 5.24. The van der Waals surface area contributed by atoms with Crippen molar-refractivity contribution in [1.82, 2.24) is 0 Å². The Morgan fingerprint density at radius 3 is 2.55 bits per heavy atom. The summed E-state index contributed by atoms with van der Waals surface area (Å²) < 4.78 is 10.4. The van der Waals surface area contributed by atoms with Crippen LogP contribution in [0.5, 0.6) is 0 Å². The predicted molar refractivity (Wildman–Crippen MR) is 42.5 cm³/mol. The van der Waals surface area contributed by atoms with Gasteiger partial charge in [0.15, 0.2) is 0 Å². The first-order chi connectivity index (χ1) is 5.35. The van der Waals surface area contributed by atoms with Crippen LogP contribution in [0.2, 0.25) is 0 Å². The minimum atomic E-state index is 0.534. The lowest BCUT2D eigenvalue weighted by Crippen LogP contribution is -2.42. The van der Waals surface area contributed by atoms with E-state index in [9.17, 15) is 0 Å². The molecular formula is C9H16O2. The second-order valence-corrected chi connectivity index (χ2v) is 3.84. The molecule has 2 aliphatic rings. The molecule has 0 aliphatic carbocycles. The van der Waals surface area contributed by atoms with E-state index in [1.165, 1.54) is 19.3 Å². The highest BCUT2D eigenvalue weighted by Gasteiger charge is 2.38. The van der Waals surface area contributed by atoms with Gasteiger partial charge in [-0.05, 0) is 19.3 Å². The van der Waals surface area contributed by atoms with Crippen LogP contribution in [0.15, 0.2) is 0 Å². The van der Waals surface area contributed by atoms with E-state index in [1.54, 1.807) is 0 Å². The summed E-state index contributed by atoms with van der Waals surface area (Å²) in [6.45, 7) is 5.23. The molecule has 0 radical (unpaired) electrons. The Bertz CT molecular complexity index is 131. The second kappa shape index (κ2) is 2.76. The predicted octanol–water partition coefficient (Wildman–Crippen LogP) is 1.59. The quantitative estimate of drug-likeness (QED) is 0.576. The largest absolute Gasteiger partial charge is 0.380 e. The van der Waals surface area contributed by atoms with Crippen molar-refractivity contribution in [3.8, 4) is 0 Å². The lowest BCUT2D eigenvalue weighted by Gasteiger charge is -2.40. The van der Waals surface area contributed by atoms with E-state index in [0.717, 1.165) is 19.8 Å². The van der Waals surface area contributed by atoms with Gasteiger partial charge in [0.2, 0.25) is 0 Å². The van der Waals surface area contributed by atoms with Crippen molar-refractivity contribution in [3.63, 3.8) is 0 Å². The van der Waals surface area contributed by atoms with Crippen LogP contribution in [0.25, 0.3) is 0 Å². The fraction of sp³-hybridized carbons (Fsp3) is 1.00. The standard InChI is InChI=1S/C9H16O2/c1-2-9(6-10-7-9)4-3-8-5-11-8/h8H,2-7H2,1H3. The van der Waals surface area contributed by atoms with Crippen LogP contribution in [0, 0.1) is 5.41 Å². The fourth-order valence-corrected chi connectivity index (χ4v) is 1.62. The summed E-state index contributed by atoms with van der Waals surface area (Å²) in [6.07, 6.45) is 4.41. The minimum Gasteiger partial charge on any atom is -0.380 e. The first-order valence-electron chi connectivity index (χ1n) is 4.54. The zero-order chi connectivity index (χ0) is 7.73. The summed E-state index contributed by atoms with van der Waals surface area (Å²) in [5.74, 6) is 0. The average Bonchev–Trinajstić information content (AvgIpc) is 2.70. The van der Waals surface area contributed by atoms with E-state index >= 15 is 0 Å². The Morgan fingerprint density at radius 1 is 1.45 bits per heavy atom. The summed E-state index contributed by atoms with van der Waals surface area (Å²) in [4.78, 5) is 0. The summed E-state index contributed by atoms with van der Waals surface area (Å²) >= 11 is 0. The highest BCUT2D eigenvalue weighted by molar-refractivity contribution is 4.86.